The zero-order valence-electron chi connectivity index (χ0n) is 16.4. The second kappa shape index (κ2) is 9.34. The Kier molecular flexibility index (Phi) is 7.27. The Morgan fingerprint density at radius 3 is 2.79 bits per heavy atom. The number of carbonyl (C=O) groups is 1. The van der Waals surface area contributed by atoms with E-state index in [1.54, 1.807) is 32.0 Å². The number of rotatable bonds is 6. The Morgan fingerprint density at radius 1 is 1.34 bits per heavy atom. The van der Waals surface area contributed by atoms with Crippen LogP contribution in [0.2, 0.25) is 10.0 Å². The zero-order chi connectivity index (χ0) is 21.2. The van der Waals surface area contributed by atoms with E-state index in [4.69, 9.17) is 46.9 Å². The topological polar surface area (TPSA) is 95.5 Å². The molecule has 1 aromatic rings. The third-order valence-electron chi connectivity index (χ3n) is 4.58. The molecule has 162 valence electrons. The molecular formula is C19H25Cl2NO7. The molecule has 0 unspecified atom stereocenters. The second-order valence-electron chi connectivity index (χ2n) is 7.35. The molecule has 5 atom stereocenters. The third-order valence-corrected chi connectivity index (χ3v) is 5.11. The van der Waals surface area contributed by atoms with Crippen LogP contribution in [0.15, 0.2) is 18.2 Å². The standard InChI is InChI=1S/C19H25Cl2NO7/c1-10(23)22-15-16(24)17-14(9-27-19(2,3)29-17)28-18(15)26-7-6-25-13-5-4-11(20)8-12(13)21/h4-5,8,14-18,24H,6-7,9H2,1-3H3,(H,22,23)/t14-,15+,16-,17-,18+/m0/s1. The molecular weight excluding hydrogens is 425 g/mol. The van der Waals surface area contributed by atoms with E-state index in [1.165, 1.54) is 6.92 Å². The van der Waals surface area contributed by atoms with Crippen molar-refractivity contribution in [2.24, 2.45) is 0 Å². The lowest BCUT2D eigenvalue weighted by Crippen LogP contribution is -2.68. The van der Waals surface area contributed by atoms with Crippen molar-refractivity contribution in [1.29, 1.82) is 0 Å². The van der Waals surface area contributed by atoms with E-state index in [1.807, 2.05) is 0 Å². The summed E-state index contributed by atoms with van der Waals surface area (Å²) < 4.78 is 28.7. The van der Waals surface area contributed by atoms with Gasteiger partial charge < -0.3 is 34.1 Å². The van der Waals surface area contributed by atoms with E-state index in [-0.39, 0.29) is 25.7 Å². The van der Waals surface area contributed by atoms with E-state index >= 15 is 0 Å². The summed E-state index contributed by atoms with van der Waals surface area (Å²) in [4.78, 5) is 11.6. The molecule has 8 nitrogen and oxygen atoms in total. The van der Waals surface area contributed by atoms with Gasteiger partial charge in [0, 0.05) is 11.9 Å². The van der Waals surface area contributed by atoms with E-state index in [0.29, 0.717) is 15.8 Å². The van der Waals surface area contributed by atoms with Crippen molar-refractivity contribution >= 4 is 29.1 Å². The fourth-order valence-electron chi connectivity index (χ4n) is 3.28. The molecule has 1 amide bonds. The average Bonchev–Trinajstić information content (AvgIpc) is 2.63. The minimum atomic E-state index is -1.03. The monoisotopic (exact) mass is 449 g/mol. The van der Waals surface area contributed by atoms with Gasteiger partial charge in [0.2, 0.25) is 5.91 Å². The Balaban J connectivity index is 1.59. The maximum Gasteiger partial charge on any atom is 0.217 e. The molecule has 0 aromatic heterocycles. The number of carbonyl (C=O) groups excluding carboxylic acids is 1. The van der Waals surface area contributed by atoms with Crippen LogP contribution in [0, 0.1) is 0 Å². The smallest absolute Gasteiger partial charge is 0.217 e. The molecule has 0 bridgehead atoms. The molecule has 0 radical (unpaired) electrons. The zero-order valence-corrected chi connectivity index (χ0v) is 17.9. The van der Waals surface area contributed by atoms with Crippen LogP contribution < -0.4 is 10.1 Å². The first-order chi connectivity index (χ1) is 13.7. The second-order valence-corrected chi connectivity index (χ2v) is 8.19. The summed E-state index contributed by atoms with van der Waals surface area (Å²) in [6.45, 7) is 5.42. The molecule has 1 aromatic carbocycles. The number of ether oxygens (including phenoxy) is 5. The molecule has 2 aliphatic heterocycles. The summed E-state index contributed by atoms with van der Waals surface area (Å²) in [7, 11) is 0. The molecule has 0 aliphatic carbocycles. The summed E-state index contributed by atoms with van der Waals surface area (Å²) in [5, 5.41) is 14.4. The first kappa shape index (κ1) is 22.6. The lowest BCUT2D eigenvalue weighted by atomic mass is 9.95. The van der Waals surface area contributed by atoms with Crippen molar-refractivity contribution < 1.29 is 33.6 Å². The van der Waals surface area contributed by atoms with Crippen LogP contribution in [0.25, 0.3) is 0 Å². The molecule has 2 saturated heterocycles. The number of nitrogens with one attached hydrogen (secondary N) is 1. The minimum Gasteiger partial charge on any atom is -0.490 e. The predicted octanol–water partition coefficient (Wildman–Crippen LogP) is 2.13. The first-order valence-corrected chi connectivity index (χ1v) is 10.0. The maximum absolute atomic E-state index is 11.6. The molecule has 0 saturated carbocycles. The van der Waals surface area contributed by atoms with Crippen molar-refractivity contribution in [2.75, 3.05) is 19.8 Å². The van der Waals surface area contributed by atoms with Crippen molar-refractivity contribution in [3.63, 3.8) is 0 Å². The van der Waals surface area contributed by atoms with E-state index in [9.17, 15) is 9.90 Å². The first-order valence-electron chi connectivity index (χ1n) is 9.28. The molecule has 2 aliphatic rings. The molecule has 10 heteroatoms. The number of fused-ring (bicyclic) bond motifs is 1. The van der Waals surface area contributed by atoms with Crippen LogP contribution in [-0.2, 0) is 23.7 Å². The highest BCUT2D eigenvalue weighted by Crippen LogP contribution is 2.33. The Bertz CT molecular complexity index is 733. The Morgan fingerprint density at radius 2 is 2.10 bits per heavy atom. The number of aliphatic hydroxyl groups excluding tert-OH is 1. The van der Waals surface area contributed by atoms with Gasteiger partial charge in [-0.25, -0.2) is 0 Å². The van der Waals surface area contributed by atoms with Crippen molar-refractivity contribution in [3.05, 3.63) is 28.2 Å². The molecule has 3 rings (SSSR count). The van der Waals surface area contributed by atoms with Crippen LogP contribution in [0.4, 0.5) is 0 Å². The van der Waals surface area contributed by atoms with E-state index < -0.39 is 36.4 Å². The number of aliphatic hydroxyl groups is 1. The summed E-state index contributed by atoms with van der Waals surface area (Å²) in [6.07, 6.45) is -3.11. The number of benzene rings is 1. The van der Waals surface area contributed by atoms with Gasteiger partial charge in [-0.1, -0.05) is 23.2 Å². The van der Waals surface area contributed by atoms with E-state index in [2.05, 4.69) is 5.32 Å². The number of halogens is 2. The van der Waals surface area contributed by atoms with Crippen LogP contribution in [-0.4, -0.2) is 67.3 Å². The SMILES string of the molecule is CC(=O)N[C@H]1[C@H](OCCOc2ccc(Cl)cc2Cl)O[C@H]2COC(C)(C)O[C@@H]2[C@H]1O. The molecule has 0 spiro atoms. The van der Waals surface area contributed by atoms with Gasteiger partial charge in [0.05, 0.1) is 18.2 Å². The highest BCUT2D eigenvalue weighted by molar-refractivity contribution is 6.35. The van der Waals surface area contributed by atoms with Gasteiger partial charge in [0.15, 0.2) is 12.1 Å². The van der Waals surface area contributed by atoms with Gasteiger partial charge in [0.25, 0.3) is 0 Å². The van der Waals surface area contributed by atoms with Gasteiger partial charge in [0.1, 0.15) is 36.7 Å². The molecule has 2 N–H and O–H groups in total. The summed E-state index contributed by atoms with van der Waals surface area (Å²) >= 11 is 11.9. The Hall–Kier alpha value is -1.13. The highest BCUT2D eigenvalue weighted by atomic mass is 35.5. The van der Waals surface area contributed by atoms with Crippen molar-refractivity contribution in [2.45, 2.75) is 57.2 Å². The van der Waals surface area contributed by atoms with Crippen LogP contribution >= 0.6 is 23.2 Å². The van der Waals surface area contributed by atoms with Gasteiger partial charge in [-0.05, 0) is 32.0 Å². The average molecular weight is 450 g/mol. The molecule has 2 heterocycles. The van der Waals surface area contributed by atoms with Crippen LogP contribution in [0.1, 0.15) is 20.8 Å². The molecule has 29 heavy (non-hydrogen) atoms. The fraction of sp³-hybridized carbons (Fsp3) is 0.632. The van der Waals surface area contributed by atoms with Gasteiger partial charge in [-0.15, -0.1) is 0 Å². The van der Waals surface area contributed by atoms with Gasteiger partial charge in [-0.3, -0.25) is 4.79 Å². The summed E-state index contributed by atoms with van der Waals surface area (Å²) in [5.74, 6) is -0.703. The highest BCUT2D eigenvalue weighted by Gasteiger charge is 2.51. The Labute approximate surface area is 179 Å². The maximum atomic E-state index is 11.6. The van der Waals surface area contributed by atoms with Crippen LogP contribution in [0.5, 0.6) is 5.75 Å². The lowest BCUT2D eigenvalue weighted by molar-refractivity contribution is -0.369. The molecule has 2 fully saturated rings. The lowest BCUT2D eigenvalue weighted by Gasteiger charge is -2.49. The van der Waals surface area contributed by atoms with Crippen molar-refractivity contribution in [1.82, 2.24) is 5.32 Å². The third kappa shape index (κ3) is 5.73. The van der Waals surface area contributed by atoms with E-state index in [0.717, 1.165) is 0 Å². The largest absolute Gasteiger partial charge is 0.490 e. The quantitative estimate of drug-likeness (QED) is 0.642. The normalized spacial score (nSPS) is 31.0. The van der Waals surface area contributed by atoms with Gasteiger partial charge >= 0.3 is 0 Å². The summed E-state index contributed by atoms with van der Waals surface area (Å²) in [5.41, 5.74) is 0. The minimum absolute atomic E-state index is 0.136. The fourth-order valence-corrected chi connectivity index (χ4v) is 3.75. The number of hydrogen-bond acceptors (Lipinski definition) is 7. The summed E-state index contributed by atoms with van der Waals surface area (Å²) in [6, 6.07) is 4.11. The van der Waals surface area contributed by atoms with Crippen molar-refractivity contribution in [3.8, 4) is 5.75 Å². The number of amides is 1. The predicted molar refractivity (Wildman–Crippen MR) is 105 cm³/mol. The van der Waals surface area contributed by atoms with Gasteiger partial charge in [-0.2, -0.15) is 0 Å². The number of hydrogen-bond donors (Lipinski definition) is 2. The van der Waals surface area contributed by atoms with Crippen LogP contribution in [0.3, 0.4) is 0 Å².